The van der Waals surface area contributed by atoms with E-state index in [1.807, 2.05) is 6.07 Å². The Bertz CT molecular complexity index is 904. The van der Waals surface area contributed by atoms with Gasteiger partial charge in [0.15, 0.2) is 5.82 Å². The number of aromatic nitrogens is 1. The first-order chi connectivity index (χ1) is 12.6. The van der Waals surface area contributed by atoms with Crippen molar-refractivity contribution in [2.24, 2.45) is 0 Å². The van der Waals surface area contributed by atoms with Gasteiger partial charge in [0.25, 0.3) is 0 Å². The number of hydrogen-bond donors (Lipinski definition) is 1. The topological polar surface area (TPSA) is 54.5 Å². The van der Waals surface area contributed by atoms with Gasteiger partial charge in [-0.25, -0.2) is 14.2 Å². The third kappa shape index (κ3) is 3.92. The molecule has 1 N–H and O–H groups in total. The van der Waals surface area contributed by atoms with Crippen molar-refractivity contribution in [3.63, 3.8) is 0 Å². The Labute approximate surface area is 155 Å². The van der Waals surface area contributed by atoms with Crippen LogP contribution in [0.3, 0.4) is 0 Å². The van der Waals surface area contributed by atoms with Crippen LogP contribution in [0.25, 0.3) is 0 Å². The number of carbonyl (C=O) groups is 1. The van der Waals surface area contributed by atoms with Crippen molar-refractivity contribution in [1.82, 2.24) is 4.98 Å². The lowest BCUT2D eigenvalue weighted by atomic mass is 10.2. The summed E-state index contributed by atoms with van der Waals surface area (Å²) in [4.78, 5) is 18.0. The zero-order chi connectivity index (χ0) is 18.5. The van der Waals surface area contributed by atoms with E-state index in [1.165, 1.54) is 36.4 Å². The van der Waals surface area contributed by atoms with Crippen molar-refractivity contribution < 1.29 is 13.9 Å². The van der Waals surface area contributed by atoms with Crippen LogP contribution in [0.5, 0.6) is 5.75 Å². The largest absolute Gasteiger partial charge is 0.497 e. The van der Waals surface area contributed by atoms with Crippen LogP contribution in [0, 0.1) is 5.82 Å². The molecule has 132 valence electrons. The zero-order valence-corrected chi connectivity index (χ0v) is 14.6. The van der Waals surface area contributed by atoms with Crippen LogP contribution in [-0.2, 0) is 0 Å². The summed E-state index contributed by atoms with van der Waals surface area (Å²) in [6, 6.07) is 15.7. The minimum atomic E-state index is -0.609. The zero-order valence-electron chi connectivity index (χ0n) is 13.8. The van der Waals surface area contributed by atoms with Crippen LogP contribution in [-0.4, -0.2) is 18.1 Å². The number of nitrogens with one attached hydrogen (secondary N) is 1. The molecule has 0 spiro atoms. The van der Waals surface area contributed by atoms with Gasteiger partial charge in [-0.15, -0.1) is 0 Å². The quantitative estimate of drug-likeness (QED) is 0.637. The number of para-hydroxylation sites is 1. The minimum Gasteiger partial charge on any atom is -0.497 e. The van der Waals surface area contributed by atoms with Crippen molar-refractivity contribution in [2.45, 2.75) is 0 Å². The number of nitrogens with zero attached hydrogens (tertiary/aromatic N) is 2. The lowest BCUT2D eigenvalue weighted by Gasteiger charge is -2.24. The van der Waals surface area contributed by atoms with Gasteiger partial charge in [-0.2, -0.15) is 0 Å². The molecule has 3 aromatic rings. The first-order valence-electron chi connectivity index (χ1n) is 7.70. The average Bonchev–Trinajstić information content (AvgIpc) is 2.65. The molecule has 1 heterocycles. The van der Waals surface area contributed by atoms with E-state index in [9.17, 15) is 9.18 Å². The molecule has 0 radical (unpaired) electrons. The van der Waals surface area contributed by atoms with Crippen molar-refractivity contribution >= 4 is 34.7 Å². The van der Waals surface area contributed by atoms with Gasteiger partial charge in [0.1, 0.15) is 10.9 Å². The number of urea groups is 1. The first-order valence-corrected chi connectivity index (χ1v) is 8.07. The van der Waals surface area contributed by atoms with E-state index in [0.717, 1.165) is 0 Å². The number of pyridine rings is 1. The monoisotopic (exact) mass is 371 g/mol. The van der Waals surface area contributed by atoms with Gasteiger partial charge in [0.2, 0.25) is 0 Å². The van der Waals surface area contributed by atoms with E-state index >= 15 is 0 Å². The minimum absolute atomic E-state index is 0.0587. The Morgan fingerprint density at radius 1 is 1.15 bits per heavy atom. The van der Waals surface area contributed by atoms with Crippen molar-refractivity contribution in [3.05, 3.63) is 77.8 Å². The Morgan fingerprint density at radius 3 is 2.54 bits per heavy atom. The fourth-order valence-electron chi connectivity index (χ4n) is 2.36. The fraction of sp³-hybridized carbons (Fsp3) is 0.0526. The van der Waals surface area contributed by atoms with E-state index in [1.54, 1.807) is 36.4 Å². The number of hydrogen-bond acceptors (Lipinski definition) is 3. The molecule has 0 aliphatic rings. The molecule has 26 heavy (non-hydrogen) atoms. The van der Waals surface area contributed by atoms with E-state index in [-0.39, 0.29) is 10.8 Å². The number of carbonyl (C=O) groups excluding carboxylic acids is 1. The molecule has 0 aliphatic heterocycles. The molecule has 0 saturated carbocycles. The molecule has 2 aromatic carbocycles. The number of methoxy groups -OCH3 is 1. The van der Waals surface area contributed by atoms with Crippen LogP contribution >= 0.6 is 11.6 Å². The van der Waals surface area contributed by atoms with Crippen LogP contribution < -0.4 is 15.0 Å². The number of benzene rings is 2. The SMILES string of the molecule is COc1ccc(N(C(=O)Nc2ccccc2)c2ccc(Cl)nc2)c(F)c1. The van der Waals surface area contributed by atoms with E-state index < -0.39 is 11.8 Å². The van der Waals surface area contributed by atoms with Crippen molar-refractivity contribution in [2.75, 3.05) is 17.3 Å². The maximum Gasteiger partial charge on any atom is 0.331 e. The highest BCUT2D eigenvalue weighted by Gasteiger charge is 2.22. The second kappa shape index (κ2) is 7.84. The summed E-state index contributed by atoms with van der Waals surface area (Å²) in [5, 5.41) is 3.01. The summed E-state index contributed by atoms with van der Waals surface area (Å²) in [5.74, 6) is -0.258. The van der Waals surface area contributed by atoms with E-state index in [4.69, 9.17) is 16.3 Å². The van der Waals surface area contributed by atoms with Gasteiger partial charge >= 0.3 is 6.03 Å². The third-order valence-corrected chi connectivity index (χ3v) is 3.82. The molecule has 3 rings (SSSR count). The van der Waals surface area contributed by atoms with Crippen LogP contribution in [0.4, 0.5) is 26.2 Å². The van der Waals surface area contributed by atoms with Gasteiger partial charge in [-0.3, -0.25) is 4.90 Å². The molecule has 1 aromatic heterocycles. The lowest BCUT2D eigenvalue weighted by Crippen LogP contribution is -2.31. The highest BCUT2D eigenvalue weighted by molar-refractivity contribution is 6.29. The maximum atomic E-state index is 14.6. The smallest absolute Gasteiger partial charge is 0.331 e. The summed E-state index contributed by atoms with van der Waals surface area (Å²) in [7, 11) is 1.44. The molecule has 5 nitrogen and oxygen atoms in total. The molecule has 2 amide bonds. The predicted octanol–water partition coefficient (Wildman–Crippen LogP) is 5.25. The highest BCUT2D eigenvalue weighted by atomic mass is 35.5. The molecule has 0 unspecified atom stereocenters. The van der Waals surface area contributed by atoms with E-state index in [2.05, 4.69) is 10.3 Å². The molecular formula is C19H15ClFN3O2. The number of ether oxygens (including phenoxy) is 1. The molecule has 7 heteroatoms. The summed E-state index contributed by atoms with van der Waals surface area (Å²) in [5.41, 5.74) is 1.01. The summed E-state index contributed by atoms with van der Waals surface area (Å²) < 4.78 is 19.6. The van der Waals surface area contributed by atoms with E-state index in [0.29, 0.717) is 17.1 Å². The Kier molecular flexibility index (Phi) is 5.34. The Morgan fingerprint density at radius 2 is 1.92 bits per heavy atom. The molecule has 0 atom stereocenters. The predicted molar refractivity (Wildman–Crippen MR) is 99.8 cm³/mol. The van der Waals surface area contributed by atoms with Crippen LogP contribution in [0.1, 0.15) is 0 Å². The maximum absolute atomic E-state index is 14.6. The molecular weight excluding hydrogens is 357 g/mol. The summed E-state index contributed by atoms with van der Waals surface area (Å²) in [6.45, 7) is 0. The number of rotatable bonds is 4. The molecule has 0 aliphatic carbocycles. The Balaban J connectivity index is 2.01. The number of anilines is 3. The second-order valence-corrected chi connectivity index (χ2v) is 5.68. The highest BCUT2D eigenvalue weighted by Crippen LogP contribution is 2.31. The molecule has 0 bridgehead atoms. The van der Waals surface area contributed by atoms with Gasteiger partial charge in [0, 0.05) is 11.8 Å². The molecule has 0 saturated heterocycles. The number of amides is 2. The van der Waals surface area contributed by atoms with Gasteiger partial charge in [-0.05, 0) is 36.4 Å². The average molecular weight is 372 g/mol. The van der Waals surface area contributed by atoms with Gasteiger partial charge in [0.05, 0.1) is 24.7 Å². The standard InChI is InChI=1S/C19H15ClFN3O2/c1-26-15-8-9-17(16(21)11-15)24(14-7-10-18(20)22-12-14)19(25)23-13-5-3-2-4-6-13/h2-12H,1H3,(H,23,25). The summed E-state index contributed by atoms with van der Waals surface area (Å²) >= 11 is 5.82. The normalized spacial score (nSPS) is 10.3. The lowest BCUT2D eigenvalue weighted by molar-refractivity contribution is 0.258. The molecule has 0 fully saturated rings. The van der Waals surface area contributed by atoms with Crippen LogP contribution in [0.15, 0.2) is 66.9 Å². The fourth-order valence-corrected chi connectivity index (χ4v) is 2.47. The van der Waals surface area contributed by atoms with Crippen molar-refractivity contribution in [3.8, 4) is 5.75 Å². The van der Waals surface area contributed by atoms with Gasteiger partial charge in [-0.1, -0.05) is 29.8 Å². The van der Waals surface area contributed by atoms with Crippen LogP contribution in [0.2, 0.25) is 5.15 Å². The summed E-state index contributed by atoms with van der Waals surface area (Å²) in [6.07, 6.45) is 1.40. The first kappa shape index (κ1) is 17.7. The third-order valence-electron chi connectivity index (χ3n) is 3.59. The second-order valence-electron chi connectivity index (χ2n) is 5.29. The van der Waals surface area contributed by atoms with Crippen molar-refractivity contribution in [1.29, 1.82) is 0 Å². The van der Waals surface area contributed by atoms with Gasteiger partial charge < -0.3 is 10.1 Å². The Hall–Kier alpha value is -3.12. The number of halogens is 2.